The summed E-state index contributed by atoms with van der Waals surface area (Å²) in [4.78, 5) is 0. The van der Waals surface area contributed by atoms with E-state index in [9.17, 15) is 0 Å². The van der Waals surface area contributed by atoms with Crippen LogP contribution in [0.2, 0.25) is 0 Å². The fourth-order valence-electron chi connectivity index (χ4n) is 0.422. The van der Waals surface area contributed by atoms with E-state index in [1.54, 1.807) is 0 Å². The first-order valence-electron chi connectivity index (χ1n) is 2.49. The van der Waals surface area contributed by atoms with Gasteiger partial charge in [0.15, 0.2) is 0 Å². The molecule has 0 fully saturated rings. The molecule has 0 radical (unpaired) electrons. The summed E-state index contributed by atoms with van der Waals surface area (Å²) in [5.74, 6) is 0.263. The third kappa shape index (κ3) is 2.37. The van der Waals surface area contributed by atoms with E-state index in [0.29, 0.717) is 0 Å². The van der Waals surface area contributed by atoms with Gasteiger partial charge in [0, 0.05) is 0 Å². The minimum atomic E-state index is -1.67. The second-order valence-electron chi connectivity index (χ2n) is 1.63. The fourth-order valence-corrected chi connectivity index (χ4v) is 0.759. The van der Waals surface area contributed by atoms with E-state index in [0.717, 1.165) is 0 Å². The lowest BCUT2D eigenvalue weighted by Gasteiger charge is -2.01. The molecule has 0 N–H and O–H groups in total. The van der Waals surface area contributed by atoms with Gasteiger partial charge in [0.25, 0.3) is 9.68 Å². The molecule has 0 saturated heterocycles. The topological polar surface area (TPSA) is 38.9 Å². The predicted molar refractivity (Wildman–Crippen MR) is 43.1 cm³/mol. The third-order valence-electron chi connectivity index (χ3n) is 0.824. The molecular formula is C4H2Cl4N2O. The SMILES string of the molecule is ClCc1nnc(C(Cl)(Cl)Cl)o1. The average Bonchev–Trinajstić information content (AvgIpc) is 2.32. The van der Waals surface area contributed by atoms with E-state index in [1.807, 2.05) is 0 Å². The van der Waals surface area contributed by atoms with Crippen molar-refractivity contribution in [2.75, 3.05) is 0 Å². The molecule has 1 aromatic rings. The van der Waals surface area contributed by atoms with Gasteiger partial charge in [-0.1, -0.05) is 34.8 Å². The van der Waals surface area contributed by atoms with Crippen LogP contribution in [-0.2, 0) is 9.67 Å². The summed E-state index contributed by atoms with van der Waals surface area (Å²) in [5, 5.41) is 6.96. The summed E-state index contributed by atoms with van der Waals surface area (Å²) in [6, 6.07) is 0. The second kappa shape index (κ2) is 3.35. The van der Waals surface area contributed by atoms with Crippen molar-refractivity contribution < 1.29 is 4.42 Å². The zero-order chi connectivity index (χ0) is 8.48. The number of aromatic nitrogens is 2. The van der Waals surface area contributed by atoms with Crippen molar-refractivity contribution in [1.82, 2.24) is 10.2 Å². The summed E-state index contributed by atoms with van der Waals surface area (Å²) in [6.45, 7) is 0. The lowest BCUT2D eigenvalue weighted by atomic mass is 10.7. The molecule has 62 valence electrons. The van der Waals surface area contributed by atoms with Crippen molar-refractivity contribution in [2.45, 2.75) is 9.67 Å². The Bertz CT molecular complexity index is 242. The highest BCUT2D eigenvalue weighted by atomic mass is 35.6. The summed E-state index contributed by atoms with van der Waals surface area (Å²) in [7, 11) is 0. The lowest BCUT2D eigenvalue weighted by molar-refractivity contribution is 0.470. The molecule has 0 aliphatic heterocycles. The van der Waals surface area contributed by atoms with E-state index < -0.39 is 3.79 Å². The third-order valence-corrected chi connectivity index (χ3v) is 1.54. The predicted octanol–water partition coefficient (Wildman–Crippen LogP) is 2.64. The summed E-state index contributed by atoms with van der Waals surface area (Å²) < 4.78 is 3.18. The second-order valence-corrected chi connectivity index (χ2v) is 4.18. The van der Waals surface area contributed by atoms with Gasteiger partial charge in [0.2, 0.25) is 5.89 Å². The Kier molecular flexibility index (Phi) is 2.86. The van der Waals surface area contributed by atoms with Crippen molar-refractivity contribution in [3.8, 4) is 0 Å². The summed E-state index contributed by atoms with van der Waals surface area (Å²) in [5.41, 5.74) is 0. The maximum absolute atomic E-state index is 5.42. The van der Waals surface area contributed by atoms with Gasteiger partial charge in [-0.15, -0.1) is 21.8 Å². The molecule has 1 rings (SSSR count). The van der Waals surface area contributed by atoms with Crippen LogP contribution in [-0.4, -0.2) is 10.2 Å². The molecule has 0 spiro atoms. The molecule has 0 aromatic carbocycles. The van der Waals surface area contributed by atoms with Crippen LogP contribution in [0, 0.1) is 0 Å². The van der Waals surface area contributed by atoms with E-state index in [4.69, 9.17) is 50.8 Å². The zero-order valence-corrected chi connectivity index (χ0v) is 8.05. The first-order chi connectivity index (χ1) is 5.04. The van der Waals surface area contributed by atoms with Gasteiger partial charge in [-0.3, -0.25) is 0 Å². The summed E-state index contributed by atoms with van der Waals surface area (Å²) in [6.07, 6.45) is 0. The number of rotatable bonds is 1. The quantitative estimate of drug-likeness (QED) is 0.703. The largest absolute Gasteiger partial charge is 0.419 e. The van der Waals surface area contributed by atoms with Crippen LogP contribution in [0.25, 0.3) is 0 Å². The van der Waals surface area contributed by atoms with Gasteiger partial charge < -0.3 is 4.42 Å². The Balaban J connectivity index is 2.89. The molecule has 0 unspecified atom stereocenters. The first-order valence-corrected chi connectivity index (χ1v) is 4.16. The number of hydrogen-bond donors (Lipinski definition) is 0. The van der Waals surface area contributed by atoms with Gasteiger partial charge in [-0.2, -0.15) is 0 Å². The zero-order valence-electron chi connectivity index (χ0n) is 5.02. The normalized spacial score (nSPS) is 12.0. The molecule has 0 saturated carbocycles. The molecule has 1 heterocycles. The first kappa shape index (κ1) is 9.39. The Morgan fingerprint density at radius 2 is 1.91 bits per heavy atom. The Labute approximate surface area is 82.6 Å². The van der Waals surface area contributed by atoms with Crippen molar-refractivity contribution in [3.63, 3.8) is 0 Å². The molecule has 1 aromatic heterocycles. The lowest BCUT2D eigenvalue weighted by Crippen LogP contribution is -1.99. The monoisotopic (exact) mass is 234 g/mol. The molecule has 0 atom stereocenters. The smallest absolute Gasteiger partial charge is 0.268 e. The number of hydrogen-bond acceptors (Lipinski definition) is 3. The van der Waals surface area contributed by atoms with Gasteiger partial charge in [-0.05, 0) is 0 Å². The molecular weight excluding hydrogens is 234 g/mol. The number of alkyl halides is 4. The van der Waals surface area contributed by atoms with Crippen LogP contribution in [0.4, 0.5) is 0 Å². The van der Waals surface area contributed by atoms with E-state index in [-0.39, 0.29) is 17.7 Å². The maximum Gasteiger partial charge on any atom is 0.268 e. The van der Waals surface area contributed by atoms with Crippen LogP contribution in [0.3, 0.4) is 0 Å². The molecule has 0 aliphatic rings. The molecule has 7 heteroatoms. The molecule has 0 bridgehead atoms. The highest BCUT2D eigenvalue weighted by Gasteiger charge is 2.29. The van der Waals surface area contributed by atoms with Crippen LogP contribution in [0.5, 0.6) is 0 Å². The van der Waals surface area contributed by atoms with Gasteiger partial charge in [0.1, 0.15) is 5.88 Å². The highest BCUT2D eigenvalue weighted by molar-refractivity contribution is 6.66. The van der Waals surface area contributed by atoms with Gasteiger partial charge >= 0.3 is 0 Å². The Hall–Kier alpha value is 0.300. The number of halogens is 4. The Morgan fingerprint density at radius 1 is 1.27 bits per heavy atom. The summed E-state index contributed by atoms with van der Waals surface area (Å²) >= 11 is 21.6. The van der Waals surface area contributed by atoms with Crippen molar-refractivity contribution in [1.29, 1.82) is 0 Å². The molecule has 11 heavy (non-hydrogen) atoms. The van der Waals surface area contributed by atoms with Crippen LogP contribution in [0.1, 0.15) is 11.8 Å². The maximum atomic E-state index is 5.42. The average molecular weight is 236 g/mol. The van der Waals surface area contributed by atoms with Crippen molar-refractivity contribution >= 4 is 46.4 Å². The van der Waals surface area contributed by atoms with E-state index >= 15 is 0 Å². The number of nitrogens with zero attached hydrogens (tertiary/aromatic N) is 2. The van der Waals surface area contributed by atoms with Gasteiger partial charge in [0.05, 0.1) is 0 Å². The molecule has 0 amide bonds. The molecule has 3 nitrogen and oxygen atoms in total. The van der Waals surface area contributed by atoms with Crippen LogP contribution in [0.15, 0.2) is 4.42 Å². The standard InChI is InChI=1S/C4H2Cl4N2O/c5-1-2-9-10-3(11-2)4(6,7)8/h1H2. The minimum absolute atomic E-state index is 0.0712. The molecule has 0 aliphatic carbocycles. The van der Waals surface area contributed by atoms with E-state index in [2.05, 4.69) is 10.2 Å². The van der Waals surface area contributed by atoms with Crippen molar-refractivity contribution in [2.24, 2.45) is 0 Å². The van der Waals surface area contributed by atoms with E-state index in [1.165, 1.54) is 0 Å². The Morgan fingerprint density at radius 3 is 2.18 bits per heavy atom. The fraction of sp³-hybridized carbons (Fsp3) is 0.500. The van der Waals surface area contributed by atoms with Crippen molar-refractivity contribution in [3.05, 3.63) is 11.8 Å². The van der Waals surface area contributed by atoms with Gasteiger partial charge in [-0.25, -0.2) is 0 Å². The van der Waals surface area contributed by atoms with Crippen LogP contribution >= 0.6 is 46.4 Å². The van der Waals surface area contributed by atoms with Crippen LogP contribution < -0.4 is 0 Å². The highest BCUT2D eigenvalue weighted by Crippen LogP contribution is 2.36. The minimum Gasteiger partial charge on any atom is -0.419 e.